The van der Waals surface area contributed by atoms with E-state index in [2.05, 4.69) is 5.87 Å². The maximum atomic E-state index is 9.56. The van der Waals surface area contributed by atoms with Gasteiger partial charge in [0.15, 0.2) is 5.57 Å². The van der Waals surface area contributed by atoms with E-state index in [1.54, 1.807) is 4.68 Å². The first kappa shape index (κ1) is 17.2. The molecule has 0 radical (unpaired) electrons. The molecule has 0 saturated carbocycles. The van der Waals surface area contributed by atoms with Gasteiger partial charge in [-0.05, 0) is 36.4 Å². The van der Waals surface area contributed by atoms with E-state index >= 15 is 0 Å². The molecule has 1 aromatic heterocycles. The van der Waals surface area contributed by atoms with E-state index in [1.165, 1.54) is 0 Å². The number of allylic oxidation sites excluding steroid dienone is 1. The summed E-state index contributed by atoms with van der Waals surface area (Å²) in [6.45, 7) is 0. The van der Waals surface area contributed by atoms with Crippen molar-refractivity contribution in [1.29, 1.82) is 10.7 Å². The van der Waals surface area contributed by atoms with E-state index in [-0.39, 0.29) is 5.57 Å². The Morgan fingerprint density at radius 2 is 1.43 bits per heavy atom. The minimum absolute atomic E-state index is 0.0655. The highest BCUT2D eigenvalue weighted by Gasteiger charge is 2.32. The molecule has 5 heteroatoms. The summed E-state index contributed by atoms with van der Waals surface area (Å²) >= 11 is 0. The number of para-hydroxylation sites is 2. The van der Waals surface area contributed by atoms with Crippen LogP contribution < -0.4 is 4.57 Å². The molecule has 5 nitrogen and oxygen atoms in total. The van der Waals surface area contributed by atoms with Gasteiger partial charge < -0.3 is 0 Å². The molecule has 0 aliphatic heterocycles. The Morgan fingerprint density at radius 1 is 0.857 bits per heavy atom. The van der Waals surface area contributed by atoms with Crippen molar-refractivity contribution >= 4 is 11.4 Å². The first-order chi connectivity index (χ1) is 13.8. The van der Waals surface area contributed by atoms with Crippen molar-refractivity contribution in [2.75, 3.05) is 0 Å². The third kappa shape index (κ3) is 3.01. The summed E-state index contributed by atoms with van der Waals surface area (Å²) in [6, 6.07) is 31.4. The molecule has 4 aromatic rings. The Bertz CT molecular complexity index is 1200. The predicted molar refractivity (Wildman–Crippen MR) is 107 cm³/mol. The monoisotopic (exact) mass is 362 g/mol. The third-order valence-electron chi connectivity index (χ3n) is 4.33. The van der Waals surface area contributed by atoms with E-state index in [0.717, 1.165) is 22.8 Å². The molecule has 0 unspecified atom stereocenters. The number of benzene rings is 3. The SMILES string of the molecule is N#CC(=C=N)c1nn(-c2ccccc2)c(-c2ccccc2)[n+]1-c1ccccc1. The van der Waals surface area contributed by atoms with Gasteiger partial charge in [-0.1, -0.05) is 59.3 Å². The van der Waals surface area contributed by atoms with Crippen molar-refractivity contribution in [2.45, 2.75) is 0 Å². The van der Waals surface area contributed by atoms with Crippen LogP contribution >= 0.6 is 0 Å². The number of aromatic nitrogens is 3. The Kier molecular flexibility index (Phi) is 4.63. The summed E-state index contributed by atoms with van der Waals surface area (Å²) in [6.07, 6.45) is 0. The lowest BCUT2D eigenvalue weighted by molar-refractivity contribution is -0.586. The molecule has 132 valence electrons. The van der Waals surface area contributed by atoms with Crippen molar-refractivity contribution in [1.82, 2.24) is 9.78 Å². The number of hydrogen-bond acceptors (Lipinski definition) is 3. The zero-order valence-corrected chi connectivity index (χ0v) is 14.9. The maximum absolute atomic E-state index is 9.56. The highest BCUT2D eigenvalue weighted by atomic mass is 15.4. The number of nitrogens with one attached hydrogen (secondary N) is 1. The van der Waals surface area contributed by atoms with E-state index in [9.17, 15) is 5.26 Å². The molecule has 0 aliphatic carbocycles. The van der Waals surface area contributed by atoms with Crippen LogP contribution in [-0.2, 0) is 0 Å². The number of nitriles is 1. The minimum atomic E-state index is 0.0655. The van der Waals surface area contributed by atoms with Gasteiger partial charge in [0.25, 0.3) is 5.82 Å². The molecule has 0 aliphatic rings. The molecule has 1 heterocycles. The van der Waals surface area contributed by atoms with Gasteiger partial charge in [-0.2, -0.15) is 9.83 Å². The molecule has 3 aromatic carbocycles. The fraction of sp³-hybridized carbons (Fsp3) is 0. The van der Waals surface area contributed by atoms with E-state index < -0.39 is 0 Å². The van der Waals surface area contributed by atoms with Crippen molar-refractivity contribution in [2.24, 2.45) is 0 Å². The maximum Gasteiger partial charge on any atom is 0.334 e. The molecular formula is C23H16N5+. The zero-order valence-electron chi connectivity index (χ0n) is 14.9. The van der Waals surface area contributed by atoms with Gasteiger partial charge in [0, 0.05) is 5.87 Å². The van der Waals surface area contributed by atoms with Gasteiger partial charge in [-0.3, -0.25) is 5.41 Å². The molecule has 0 atom stereocenters. The number of nitrogens with zero attached hydrogens (tertiary/aromatic N) is 4. The lowest BCUT2D eigenvalue weighted by atomic mass is 10.2. The van der Waals surface area contributed by atoms with E-state index in [1.807, 2.05) is 102 Å². The summed E-state index contributed by atoms with van der Waals surface area (Å²) < 4.78 is 3.69. The number of hydrogen-bond donors (Lipinski definition) is 1. The van der Waals surface area contributed by atoms with E-state index in [0.29, 0.717) is 5.82 Å². The van der Waals surface area contributed by atoms with Crippen LogP contribution in [0.5, 0.6) is 0 Å². The summed E-state index contributed by atoms with van der Waals surface area (Å²) in [5.74, 6) is 3.39. The third-order valence-corrected chi connectivity index (χ3v) is 4.33. The van der Waals surface area contributed by atoms with Crippen molar-refractivity contribution in [3.8, 4) is 28.8 Å². The largest absolute Gasteiger partial charge is 0.334 e. The fourth-order valence-electron chi connectivity index (χ4n) is 3.09. The molecule has 0 fully saturated rings. The van der Waals surface area contributed by atoms with E-state index in [4.69, 9.17) is 10.5 Å². The van der Waals surface area contributed by atoms with Crippen LogP contribution in [0.25, 0.3) is 28.3 Å². The normalized spacial score (nSPS) is 10.1. The van der Waals surface area contributed by atoms with Crippen LogP contribution in [0, 0.1) is 16.7 Å². The Labute approximate surface area is 162 Å². The Morgan fingerprint density at radius 3 is 2.00 bits per heavy atom. The molecule has 0 bridgehead atoms. The summed E-state index contributed by atoms with van der Waals surface area (Å²) in [4.78, 5) is 0. The van der Waals surface area contributed by atoms with Gasteiger partial charge in [-0.15, -0.1) is 0 Å². The van der Waals surface area contributed by atoms with Gasteiger partial charge in [-0.25, -0.2) is 0 Å². The van der Waals surface area contributed by atoms with Crippen LogP contribution in [0.1, 0.15) is 5.82 Å². The molecule has 0 amide bonds. The second kappa shape index (κ2) is 7.55. The van der Waals surface area contributed by atoms with Crippen LogP contribution in [0.4, 0.5) is 0 Å². The highest BCUT2D eigenvalue weighted by molar-refractivity contribution is 5.93. The predicted octanol–water partition coefficient (Wildman–Crippen LogP) is 3.97. The van der Waals surface area contributed by atoms with Crippen molar-refractivity contribution < 1.29 is 4.57 Å². The van der Waals surface area contributed by atoms with Crippen LogP contribution in [-0.4, -0.2) is 15.7 Å². The Balaban J connectivity index is 2.14. The van der Waals surface area contributed by atoms with Crippen molar-refractivity contribution in [3.63, 3.8) is 0 Å². The minimum Gasteiger partial charge on any atom is -0.257 e. The Hall–Kier alpha value is -4.26. The first-order valence-electron chi connectivity index (χ1n) is 8.75. The number of rotatable bonds is 4. The summed E-state index contributed by atoms with van der Waals surface area (Å²) in [5, 5.41) is 21.8. The van der Waals surface area contributed by atoms with Gasteiger partial charge in [0.1, 0.15) is 17.4 Å². The average molecular weight is 362 g/mol. The smallest absolute Gasteiger partial charge is 0.257 e. The van der Waals surface area contributed by atoms with Gasteiger partial charge in [0.2, 0.25) is 0 Å². The van der Waals surface area contributed by atoms with Crippen LogP contribution in [0.3, 0.4) is 0 Å². The van der Waals surface area contributed by atoms with Gasteiger partial charge in [0.05, 0.1) is 10.7 Å². The lowest BCUT2D eigenvalue weighted by Gasteiger charge is -2.05. The first-order valence-corrected chi connectivity index (χ1v) is 8.75. The molecular weight excluding hydrogens is 346 g/mol. The second-order valence-electron chi connectivity index (χ2n) is 6.04. The van der Waals surface area contributed by atoms with Crippen LogP contribution in [0.2, 0.25) is 0 Å². The van der Waals surface area contributed by atoms with Crippen LogP contribution in [0.15, 0.2) is 91.0 Å². The summed E-state index contributed by atoms with van der Waals surface area (Å²) in [7, 11) is 0. The molecule has 1 N–H and O–H groups in total. The van der Waals surface area contributed by atoms with Crippen molar-refractivity contribution in [3.05, 3.63) is 96.8 Å². The fourth-order valence-corrected chi connectivity index (χ4v) is 3.09. The second-order valence-corrected chi connectivity index (χ2v) is 6.04. The zero-order chi connectivity index (χ0) is 19.3. The topological polar surface area (TPSA) is 69.3 Å². The quantitative estimate of drug-likeness (QED) is 0.339. The average Bonchev–Trinajstić information content (AvgIpc) is 3.17. The lowest BCUT2D eigenvalue weighted by Crippen LogP contribution is -2.36. The highest BCUT2D eigenvalue weighted by Crippen LogP contribution is 2.23. The molecule has 0 spiro atoms. The molecule has 4 rings (SSSR count). The molecule has 28 heavy (non-hydrogen) atoms. The summed E-state index contributed by atoms with van der Waals surface area (Å²) in [5.41, 5.74) is 2.72. The molecule has 0 saturated heterocycles. The van der Waals surface area contributed by atoms with Gasteiger partial charge >= 0.3 is 5.82 Å². The standard InChI is InChI=1S/C23H16N5/c24-16-19(17-25)22-26-28(21-14-8-3-9-15-21)23(18-10-4-1-5-11-18)27(22)20-12-6-2-7-13-20/h1-15,24H/q+1.